The van der Waals surface area contributed by atoms with Crippen LogP contribution in [0.15, 0.2) is 47.4 Å². The minimum absolute atomic E-state index is 0.173. The third-order valence-electron chi connectivity index (χ3n) is 5.32. The van der Waals surface area contributed by atoms with Gasteiger partial charge in [-0.05, 0) is 55.2 Å². The van der Waals surface area contributed by atoms with Crippen LogP contribution in [0.2, 0.25) is 5.02 Å². The first-order chi connectivity index (χ1) is 12.4. The molecular weight excluding hydrogens is 370 g/mol. The Labute approximate surface area is 160 Å². The fraction of sp³-hybridized carbons (Fsp3) is 0.400. The Morgan fingerprint density at radius 1 is 1.12 bits per heavy atom. The molecule has 1 aliphatic carbocycles. The number of ether oxygens (including phenoxy) is 1. The molecule has 4 nitrogen and oxygen atoms in total. The van der Waals surface area contributed by atoms with Crippen molar-refractivity contribution >= 4 is 21.6 Å². The summed E-state index contributed by atoms with van der Waals surface area (Å²) in [5, 5.41) is 0.457. The molecule has 26 heavy (non-hydrogen) atoms. The van der Waals surface area contributed by atoms with E-state index >= 15 is 0 Å². The van der Waals surface area contributed by atoms with Crippen molar-refractivity contribution in [3.8, 4) is 5.75 Å². The molecule has 6 heteroatoms. The molecule has 0 atom stereocenters. The molecule has 0 aliphatic heterocycles. The number of halogens is 1. The van der Waals surface area contributed by atoms with Crippen molar-refractivity contribution in [3.63, 3.8) is 0 Å². The number of aryl methyl sites for hydroxylation is 1. The van der Waals surface area contributed by atoms with E-state index in [1.54, 1.807) is 19.2 Å². The summed E-state index contributed by atoms with van der Waals surface area (Å²) in [7, 11) is -1.97. The third kappa shape index (κ3) is 3.90. The van der Waals surface area contributed by atoms with Gasteiger partial charge in [-0.25, -0.2) is 13.1 Å². The van der Waals surface area contributed by atoms with E-state index in [9.17, 15) is 8.42 Å². The van der Waals surface area contributed by atoms with Crippen molar-refractivity contribution < 1.29 is 13.2 Å². The van der Waals surface area contributed by atoms with Crippen LogP contribution in [-0.2, 0) is 15.4 Å². The van der Waals surface area contributed by atoms with Crippen molar-refractivity contribution in [3.05, 3.63) is 58.6 Å². The van der Waals surface area contributed by atoms with Crippen LogP contribution in [0.1, 0.15) is 36.8 Å². The van der Waals surface area contributed by atoms with Crippen molar-refractivity contribution in [2.45, 2.75) is 42.9 Å². The van der Waals surface area contributed by atoms with E-state index < -0.39 is 10.0 Å². The molecule has 0 saturated heterocycles. The fourth-order valence-electron chi connectivity index (χ4n) is 3.62. The first kappa shape index (κ1) is 19.2. The van der Waals surface area contributed by atoms with Gasteiger partial charge in [0.1, 0.15) is 5.75 Å². The van der Waals surface area contributed by atoms with Crippen molar-refractivity contribution in [1.29, 1.82) is 0 Å². The molecule has 1 fully saturated rings. The lowest BCUT2D eigenvalue weighted by atomic mass is 9.79. The second-order valence-corrected chi connectivity index (χ2v) is 9.13. The summed E-state index contributed by atoms with van der Waals surface area (Å²) in [5.74, 6) is 0.803. The first-order valence-electron chi connectivity index (χ1n) is 8.77. The molecule has 0 radical (unpaired) electrons. The summed E-state index contributed by atoms with van der Waals surface area (Å²) in [6.07, 6.45) is 4.14. The Hall–Kier alpha value is -1.56. The lowest BCUT2D eigenvalue weighted by molar-refractivity contribution is 0.410. The summed E-state index contributed by atoms with van der Waals surface area (Å²) in [6.45, 7) is 2.23. The van der Waals surface area contributed by atoms with E-state index in [1.165, 1.54) is 6.07 Å². The highest BCUT2D eigenvalue weighted by Gasteiger charge is 2.36. The van der Waals surface area contributed by atoms with Crippen LogP contribution in [0, 0.1) is 6.92 Å². The van der Waals surface area contributed by atoms with E-state index in [4.69, 9.17) is 16.3 Å². The van der Waals surface area contributed by atoms with Gasteiger partial charge in [-0.3, -0.25) is 0 Å². The predicted molar refractivity (Wildman–Crippen MR) is 105 cm³/mol. The standard InChI is InChI=1S/C20H24ClNO3S/c1-15-5-10-18(13-19(15)21)26(23,24)22-14-20(11-3-4-12-20)16-6-8-17(25-2)9-7-16/h5-10,13,22H,3-4,11-12,14H2,1-2H3. The second-order valence-electron chi connectivity index (χ2n) is 6.95. The van der Waals surface area contributed by atoms with Crippen LogP contribution < -0.4 is 9.46 Å². The van der Waals surface area contributed by atoms with Gasteiger partial charge in [0.15, 0.2) is 0 Å². The van der Waals surface area contributed by atoms with Gasteiger partial charge in [0.05, 0.1) is 12.0 Å². The number of nitrogens with one attached hydrogen (secondary N) is 1. The Morgan fingerprint density at radius 2 is 1.77 bits per heavy atom. The number of rotatable bonds is 6. The summed E-state index contributed by atoms with van der Waals surface area (Å²) in [6, 6.07) is 12.8. The molecule has 1 N–H and O–H groups in total. The topological polar surface area (TPSA) is 55.4 Å². The molecule has 0 heterocycles. The SMILES string of the molecule is COc1ccc(C2(CNS(=O)(=O)c3ccc(C)c(Cl)c3)CCCC2)cc1. The molecule has 0 aromatic heterocycles. The van der Waals surface area contributed by atoms with Crippen LogP contribution in [-0.4, -0.2) is 22.1 Å². The van der Waals surface area contributed by atoms with Gasteiger partial charge in [0.25, 0.3) is 0 Å². The Kier molecular flexibility index (Phi) is 5.61. The van der Waals surface area contributed by atoms with E-state index in [0.717, 1.165) is 42.6 Å². The molecule has 3 rings (SSSR count). The lowest BCUT2D eigenvalue weighted by Crippen LogP contribution is -2.39. The first-order valence-corrected chi connectivity index (χ1v) is 10.6. The molecule has 1 aliphatic rings. The fourth-order valence-corrected chi connectivity index (χ4v) is 5.02. The number of benzene rings is 2. The average molecular weight is 394 g/mol. The van der Waals surface area contributed by atoms with E-state index in [2.05, 4.69) is 4.72 Å². The molecule has 0 spiro atoms. The maximum atomic E-state index is 12.7. The average Bonchev–Trinajstić information content (AvgIpc) is 3.13. The minimum atomic E-state index is -3.61. The van der Waals surface area contributed by atoms with Crippen LogP contribution >= 0.6 is 11.6 Å². The maximum absolute atomic E-state index is 12.7. The van der Waals surface area contributed by atoms with Gasteiger partial charge < -0.3 is 4.74 Å². The highest BCUT2D eigenvalue weighted by Crippen LogP contribution is 2.41. The molecule has 2 aromatic carbocycles. The highest BCUT2D eigenvalue weighted by molar-refractivity contribution is 7.89. The molecule has 2 aromatic rings. The third-order valence-corrected chi connectivity index (χ3v) is 7.12. The Balaban J connectivity index is 1.83. The molecule has 0 amide bonds. The number of hydrogen-bond donors (Lipinski definition) is 1. The van der Waals surface area contributed by atoms with Crippen LogP contribution in [0.3, 0.4) is 0 Å². The van der Waals surface area contributed by atoms with Crippen LogP contribution in [0.25, 0.3) is 0 Å². The van der Waals surface area contributed by atoms with E-state index in [-0.39, 0.29) is 10.3 Å². The number of sulfonamides is 1. The van der Waals surface area contributed by atoms with E-state index in [0.29, 0.717) is 11.6 Å². The summed E-state index contributed by atoms with van der Waals surface area (Å²) in [5.41, 5.74) is 1.84. The largest absolute Gasteiger partial charge is 0.497 e. The smallest absolute Gasteiger partial charge is 0.240 e. The number of methoxy groups -OCH3 is 1. The quantitative estimate of drug-likeness (QED) is 0.788. The normalized spacial score (nSPS) is 16.6. The van der Waals surface area contributed by atoms with Gasteiger partial charge >= 0.3 is 0 Å². The maximum Gasteiger partial charge on any atom is 0.240 e. The van der Waals surface area contributed by atoms with Crippen LogP contribution in [0.4, 0.5) is 0 Å². The van der Waals surface area contributed by atoms with Gasteiger partial charge in [-0.15, -0.1) is 0 Å². The Bertz CT molecular complexity index is 872. The van der Waals surface area contributed by atoms with Gasteiger partial charge in [-0.2, -0.15) is 0 Å². The number of hydrogen-bond acceptors (Lipinski definition) is 3. The van der Waals surface area contributed by atoms with E-state index in [1.807, 2.05) is 31.2 Å². The molecular formula is C20H24ClNO3S. The molecule has 140 valence electrons. The summed E-state index contributed by atoms with van der Waals surface area (Å²) in [4.78, 5) is 0.205. The molecule has 0 unspecified atom stereocenters. The zero-order valence-electron chi connectivity index (χ0n) is 15.1. The summed E-state index contributed by atoms with van der Waals surface area (Å²) < 4.78 is 33.5. The zero-order chi connectivity index (χ0) is 18.8. The lowest BCUT2D eigenvalue weighted by Gasteiger charge is -2.30. The van der Waals surface area contributed by atoms with Crippen molar-refractivity contribution in [1.82, 2.24) is 4.72 Å². The molecule has 0 bridgehead atoms. The van der Waals surface area contributed by atoms with Gasteiger partial charge in [-0.1, -0.05) is 42.6 Å². The summed E-state index contributed by atoms with van der Waals surface area (Å²) >= 11 is 6.09. The van der Waals surface area contributed by atoms with Crippen LogP contribution in [0.5, 0.6) is 5.75 Å². The minimum Gasteiger partial charge on any atom is -0.497 e. The van der Waals surface area contributed by atoms with Gasteiger partial charge in [0.2, 0.25) is 10.0 Å². The van der Waals surface area contributed by atoms with Crippen molar-refractivity contribution in [2.75, 3.05) is 13.7 Å². The zero-order valence-corrected chi connectivity index (χ0v) is 16.7. The van der Waals surface area contributed by atoms with Crippen molar-refractivity contribution in [2.24, 2.45) is 0 Å². The Morgan fingerprint density at radius 3 is 2.35 bits per heavy atom. The monoisotopic (exact) mass is 393 g/mol. The molecule has 1 saturated carbocycles. The predicted octanol–water partition coefficient (Wildman–Crippen LogP) is 4.45. The highest BCUT2D eigenvalue weighted by atomic mass is 35.5. The van der Waals surface area contributed by atoms with Gasteiger partial charge in [0, 0.05) is 17.0 Å². The second kappa shape index (κ2) is 7.59.